The van der Waals surface area contributed by atoms with E-state index < -0.39 is 0 Å². The van der Waals surface area contributed by atoms with Crippen molar-refractivity contribution in [1.29, 1.82) is 0 Å². The van der Waals surface area contributed by atoms with Gasteiger partial charge in [-0.25, -0.2) is 4.39 Å². The van der Waals surface area contributed by atoms with Crippen molar-refractivity contribution in [3.8, 4) is 16.9 Å². The van der Waals surface area contributed by atoms with Crippen molar-refractivity contribution >= 4 is 5.78 Å². The Morgan fingerprint density at radius 1 is 1.15 bits per heavy atom. The second kappa shape index (κ2) is 6.33. The van der Waals surface area contributed by atoms with E-state index in [0.29, 0.717) is 12.8 Å². The fraction of sp³-hybridized carbons (Fsp3) is 0.235. The van der Waals surface area contributed by atoms with Gasteiger partial charge in [0.1, 0.15) is 5.78 Å². The van der Waals surface area contributed by atoms with Crippen LogP contribution in [-0.2, 0) is 11.2 Å². The number of rotatable bonds is 5. The zero-order valence-corrected chi connectivity index (χ0v) is 11.7. The molecule has 0 aliphatic heterocycles. The lowest BCUT2D eigenvalue weighted by atomic mass is 10.0. The van der Waals surface area contributed by atoms with Gasteiger partial charge in [-0.05, 0) is 42.2 Å². The third kappa shape index (κ3) is 3.44. The van der Waals surface area contributed by atoms with Crippen molar-refractivity contribution in [1.82, 2.24) is 0 Å². The predicted octanol–water partition coefficient (Wildman–Crippen LogP) is 4.02. The van der Waals surface area contributed by atoms with E-state index in [1.54, 1.807) is 13.0 Å². The van der Waals surface area contributed by atoms with E-state index in [1.165, 1.54) is 13.2 Å². The van der Waals surface area contributed by atoms with Crippen molar-refractivity contribution in [2.45, 2.75) is 19.8 Å². The number of hydrogen-bond donors (Lipinski definition) is 0. The van der Waals surface area contributed by atoms with Crippen LogP contribution in [0.3, 0.4) is 0 Å². The Labute approximate surface area is 118 Å². The normalized spacial score (nSPS) is 10.3. The lowest BCUT2D eigenvalue weighted by Crippen LogP contribution is -1.94. The van der Waals surface area contributed by atoms with Gasteiger partial charge in [-0.3, -0.25) is 0 Å². The predicted molar refractivity (Wildman–Crippen MR) is 77.4 cm³/mol. The first-order chi connectivity index (χ1) is 9.60. The van der Waals surface area contributed by atoms with Crippen molar-refractivity contribution in [2.75, 3.05) is 7.11 Å². The second-order valence-electron chi connectivity index (χ2n) is 4.75. The monoisotopic (exact) mass is 272 g/mol. The number of hydrogen-bond acceptors (Lipinski definition) is 2. The number of carbonyl (C=O) groups excluding carboxylic acids is 1. The van der Waals surface area contributed by atoms with Crippen LogP contribution in [0.4, 0.5) is 4.39 Å². The van der Waals surface area contributed by atoms with Gasteiger partial charge in [0.05, 0.1) is 7.11 Å². The Morgan fingerprint density at radius 2 is 1.90 bits per heavy atom. The molecule has 20 heavy (non-hydrogen) atoms. The van der Waals surface area contributed by atoms with Crippen LogP contribution in [0, 0.1) is 5.82 Å². The van der Waals surface area contributed by atoms with Gasteiger partial charge in [0.25, 0.3) is 0 Å². The highest BCUT2D eigenvalue weighted by Crippen LogP contribution is 2.26. The summed E-state index contributed by atoms with van der Waals surface area (Å²) in [5.74, 6) is 0.0338. The largest absolute Gasteiger partial charge is 0.494 e. The minimum absolute atomic E-state index is 0.172. The van der Waals surface area contributed by atoms with E-state index in [4.69, 9.17) is 4.74 Å². The van der Waals surface area contributed by atoms with E-state index in [0.717, 1.165) is 16.7 Å². The fourth-order valence-corrected chi connectivity index (χ4v) is 2.07. The Bertz CT molecular complexity index is 620. The number of Topliss-reactive ketones (excluding diaryl/α,β-unsaturated/α-hetero) is 1. The van der Waals surface area contributed by atoms with Crippen molar-refractivity contribution in [3.05, 3.63) is 53.8 Å². The molecule has 0 amide bonds. The van der Waals surface area contributed by atoms with Crippen LogP contribution in [0.2, 0.25) is 0 Å². The van der Waals surface area contributed by atoms with Crippen LogP contribution in [0.25, 0.3) is 11.1 Å². The van der Waals surface area contributed by atoms with Crippen LogP contribution in [0.5, 0.6) is 5.75 Å². The van der Waals surface area contributed by atoms with E-state index in [1.807, 2.05) is 30.3 Å². The van der Waals surface area contributed by atoms with Crippen LogP contribution in [-0.4, -0.2) is 12.9 Å². The molecule has 2 aromatic rings. The SMILES string of the molecule is COc1ccc(-c2cccc(CCC(C)=O)c2)cc1F. The molecule has 0 saturated carbocycles. The van der Waals surface area contributed by atoms with Gasteiger partial charge >= 0.3 is 0 Å². The smallest absolute Gasteiger partial charge is 0.165 e. The van der Waals surface area contributed by atoms with Crippen molar-refractivity contribution in [3.63, 3.8) is 0 Å². The van der Waals surface area contributed by atoms with Crippen molar-refractivity contribution in [2.24, 2.45) is 0 Å². The molecule has 0 aliphatic rings. The number of ketones is 1. The van der Waals surface area contributed by atoms with Gasteiger partial charge in [0.2, 0.25) is 0 Å². The molecule has 0 fully saturated rings. The zero-order chi connectivity index (χ0) is 14.5. The third-order valence-electron chi connectivity index (χ3n) is 3.18. The molecule has 0 heterocycles. The first-order valence-electron chi connectivity index (χ1n) is 6.52. The third-order valence-corrected chi connectivity index (χ3v) is 3.18. The first-order valence-corrected chi connectivity index (χ1v) is 6.52. The van der Waals surface area contributed by atoms with Gasteiger partial charge in [-0.1, -0.05) is 30.3 Å². The average Bonchev–Trinajstić information content (AvgIpc) is 2.45. The summed E-state index contributed by atoms with van der Waals surface area (Å²) in [7, 11) is 1.44. The van der Waals surface area contributed by atoms with Crippen LogP contribution in [0.1, 0.15) is 18.9 Å². The first kappa shape index (κ1) is 14.3. The Hall–Kier alpha value is -2.16. The summed E-state index contributed by atoms with van der Waals surface area (Å²) in [4.78, 5) is 11.0. The molecule has 0 aliphatic carbocycles. The van der Waals surface area contributed by atoms with E-state index in [9.17, 15) is 9.18 Å². The summed E-state index contributed by atoms with van der Waals surface area (Å²) >= 11 is 0. The van der Waals surface area contributed by atoms with Crippen LogP contribution >= 0.6 is 0 Å². The molecule has 3 heteroatoms. The van der Waals surface area contributed by atoms with Gasteiger partial charge in [-0.15, -0.1) is 0 Å². The Kier molecular flexibility index (Phi) is 4.51. The topological polar surface area (TPSA) is 26.3 Å². The number of aryl methyl sites for hydroxylation is 1. The summed E-state index contributed by atoms with van der Waals surface area (Å²) in [6.45, 7) is 1.59. The highest BCUT2D eigenvalue weighted by atomic mass is 19.1. The maximum Gasteiger partial charge on any atom is 0.165 e. The second-order valence-corrected chi connectivity index (χ2v) is 4.75. The Morgan fingerprint density at radius 3 is 2.55 bits per heavy atom. The minimum Gasteiger partial charge on any atom is -0.494 e. The minimum atomic E-state index is -0.376. The van der Waals surface area contributed by atoms with E-state index in [2.05, 4.69) is 0 Å². The molecule has 0 N–H and O–H groups in total. The van der Waals surface area contributed by atoms with Gasteiger partial charge in [0, 0.05) is 6.42 Å². The molecule has 0 spiro atoms. The van der Waals surface area contributed by atoms with Crippen molar-refractivity contribution < 1.29 is 13.9 Å². The molecule has 2 rings (SSSR count). The maximum absolute atomic E-state index is 13.7. The molecule has 0 aromatic heterocycles. The molecule has 0 bridgehead atoms. The standard InChI is InChI=1S/C17H17FO2/c1-12(19)6-7-13-4-3-5-14(10-13)15-8-9-17(20-2)16(18)11-15/h3-5,8-11H,6-7H2,1-2H3. The van der Waals surface area contributed by atoms with Crippen LogP contribution < -0.4 is 4.74 Å². The number of ether oxygens (including phenoxy) is 1. The lowest BCUT2D eigenvalue weighted by molar-refractivity contribution is -0.116. The quantitative estimate of drug-likeness (QED) is 0.821. The van der Waals surface area contributed by atoms with E-state index >= 15 is 0 Å². The van der Waals surface area contributed by atoms with Gasteiger partial charge < -0.3 is 9.53 Å². The van der Waals surface area contributed by atoms with Gasteiger partial charge in [-0.2, -0.15) is 0 Å². The number of halogens is 1. The lowest BCUT2D eigenvalue weighted by Gasteiger charge is -2.07. The molecule has 0 saturated heterocycles. The molecule has 0 unspecified atom stereocenters. The number of benzene rings is 2. The molecule has 2 nitrogen and oxygen atoms in total. The van der Waals surface area contributed by atoms with E-state index in [-0.39, 0.29) is 17.3 Å². The zero-order valence-electron chi connectivity index (χ0n) is 11.7. The molecule has 104 valence electrons. The summed E-state index contributed by atoms with van der Waals surface area (Å²) in [6.07, 6.45) is 1.24. The fourth-order valence-electron chi connectivity index (χ4n) is 2.07. The summed E-state index contributed by atoms with van der Waals surface area (Å²) in [5, 5.41) is 0. The average molecular weight is 272 g/mol. The molecular weight excluding hydrogens is 255 g/mol. The van der Waals surface area contributed by atoms with Gasteiger partial charge in [0.15, 0.2) is 11.6 Å². The summed E-state index contributed by atoms with van der Waals surface area (Å²) < 4.78 is 18.6. The summed E-state index contributed by atoms with van der Waals surface area (Å²) in [6, 6.07) is 12.7. The molecular formula is C17H17FO2. The number of carbonyl (C=O) groups is 1. The molecule has 0 radical (unpaired) electrons. The van der Waals surface area contributed by atoms with Crippen LogP contribution in [0.15, 0.2) is 42.5 Å². The Balaban J connectivity index is 2.26. The maximum atomic E-state index is 13.7. The highest BCUT2D eigenvalue weighted by Gasteiger charge is 2.06. The molecule has 0 atom stereocenters. The highest BCUT2D eigenvalue weighted by molar-refractivity contribution is 5.75. The number of methoxy groups -OCH3 is 1. The molecule has 2 aromatic carbocycles. The summed E-state index contributed by atoms with van der Waals surface area (Å²) in [5.41, 5.74) is 2.81.